The zero-order valence-electron chi connectivity index (χ0n) is 12.3. The third kappa shape index (κ3) is 4.19. The van der Waals surface area contributed by atoms with Crippen LogP contribution in [0.1, 0.15) is 38.4 Å². The van der Waals surface area contributed by atoms with Gasteiger partial charge in [0.15, 0.2) is 5.75 Å². The highest BCUT2D eigenvalue weighted by Crippen LogP contribution is 2.29. The summed E-state index contributed by atoms with van der Waals surface area (Å²) in [6.45, 7) is 5.83. The van der Waals surface area contributed by atoms with E-state index in [2.05, 4.69) is 24.4 Å². The van der Waals surface area contributed by atoms with Gasteiger partial charge in [-0.05, 0) is 18.8 Å². The van der Waals surface area contributed by atoms with Gasteiger partial charge in [-0.2, -0.15) is 5.10 Å². The Morgan fingerprint density at radius 2 is 2.21 bits per heavy atom. The molecule has 0 aliphatic heterocycles. The Hall–Kier alpha value is -1.11. The van der Waals surface area contributed by atoms with Crippen molar-refractivity contribution in [2.24, 2.45) is 11.8 Å². The summed E-state index contributed by atoms with van der Waals surface area (Å²) in [5.41, 5.74) is 3.88. The number of hydrogen-bond donors (Lipinski definition) is 2. The molecule has 0 saturated heterocycles. The van der Waals surface area contributed by atoms with Crippen molar-refractivity contribution in [1.82, 2.24) is 15.2 Å². The highest BCUT2D eigenvalue weighted by atomic mass is 16.5. The molecule has 0 radical (unpaired) electrons. The van der Waals surface area contributed by atoms with Crippen LogP contribution >= 0.6 is 0 Å². The Bertz CT molecular complexity index is 368. The van der Waals surface area contributed by atoms with E-state index in [1.807, 2.05) is 4.68 Å². The Kier molecular flexibility index (Phi) is 6.83. The number of methoxy groups -OCH3 is 2. The van der Waals surface area contributed by atoms with Gasteiger partial charge in [0, 0.05) is 20.3 Å². The van der Waals surface area contributed by atoms with Gasteiger partial charge < -0.3 is 9.47 Å². The summed E-state index contributed by atoms with van der Waals surface area (Å²) in [5.74, 6) is 6.89. The molecule has 1 rings (SSSR count). The molecule has 1 aromatic heterocycles. The molecule has 2 unspecified atom stereocenters. The van der Waals surface area contributed by atoms with Crippen LogP contribution < -0.4 is 16.0 Å². The summed E-state index contributed by atoms with van der Waals surface area (Å²) in [6, 6.07) is 0.00847. The first-order valence-corrected chi connectivity index (χ1v) is 6.72. The smallest absolute Gasteiger partial charge is 0.161 e. The van der Waals surface area contributed by atoms with Gasteiger partial charge in [-0.15, -0.1) is 0 Å². The van der Waals surface area contributed by atoms with Crippen molar-refractivity contribution in [2.75, 3.05) is 20.8 Å². The number of hydrogen-bond acceptors (Lipinski definition) is 5. The summed E-state index contributed by atoms with van der Waals surface area (Å²) in [4.78, 5) is 0. The summed E-state index contributed by atoms with van der Waals surface area (Å²) in [6.07, 6.45) is 3.63. The van der Waals surface area contributed by atoms with Crippen LogP contribution in [0.5, 0.6) is 5.75 Å². The summed E-state index contributed by atoms with van der Waals surface area (Å²) >= 11 is 0. The molecular weight excluding hydrogens is 244 g/mol. The molecule has 0 aliphatic rings. The number of rotatable bonds is 9. The molecule has 0 amide bonds. The molecule has 0 aliphatic carbocycles. The number of nitrogens with zero attached hydrogens (tertiary/aromatic N) is 2. The van der Waals surface area contributed by atoms with Gasteiger partial charge in [0.2, 0.25) is 0 Å². The molecule has 0 saturated carbocycles. The Labute approximate surface area is 115 Å². The fraction of sp³-hybridized carbons (Fsp3) is 0.769. The molecule has 0 spiro atoms. The topological polar surface area (TPSA) is 74.3 Å². The fourth-order valence-corrected chi connectivity index (χ4v) is 2.29. The second-order valence-electron chi connectivity index (χ2n) is 4.84. The van der Waals surface area contributed by atoms with Gasteiger partial charge in [0.25, 0.3) is 0 Å². The zero-order chi connectivity index (χ0) is 14.3. The van der Waals surface area contributed by atoms with Crippen molar-refractivity contribution < 1.29 is 9.47 Å². The van der Waals surface area contributed by atoms with Crippen LogP contribution in [-0.2, 0) is 11.3 Å². The molecule has 3 N–H and O–H groups in total. The average molecular weight is 270 g/mol. The molecule has 0 aromatic carbocycles. The van der Waals surface area contributed by atoms with Gasteiger partial charge in [0.05, 0.1) is 25.0 Å². The van der Waals surface area contributed by atoms with Crippen molar-refractivity contribution in [3.8, 4) is 5.75 Å². The maximum Gasteiger partial charge on any atom is 0.161 e. The quantitative estimate of drug-likeness (QED) is 0.525. The zero-order valence-corrected chi connectivity index (χ0v) is 12.3. The lowest BCUT2D eigenvalue weighted by Crippen LogP contribution is -2.32. The predicted molar refractivity (Wildman–Crippen MR) is 74.8 cm³/mol. The fourth-order valence-electron chi connectivity index (χ4n) is 2.29. The van der Waals surface area contributed by atoms with E-state index in [0.717, 1.165) is 30.8 Å². The lowest BCUT2D eigenvalue weighted by atomic mass is 10.00. The predicted octanol–water partition coefficient (Wildman–Crippen LogP) is 1.48. The molecule has 0 bridgehead atoms. The van der Waals surface area contributed by atoms with Gasteiger partial charge in [-0.1, -0.05) is 13.8 Å². The number of ether oxygens (including phenoxy) is 2. The molecule has 2 atom stereocenters. The van der Waals surface area contributed by atoms with E-state index in [-0.39, 0.29) is 6.04 Å². The number of aromatic nitrogens is 2. The van der Waals surface area contributed by atoms with Crippen molar-refractivity contribution in [1.29, 1.82) is 0 Å². The molecule has 6 nitrogen and oxygen atoms in total. The summed E-state index contributed by atoms with van der Waals surface area (Å²) in [7, 11) is 3.37. The third-order valence-electron chi connectivity index (χ3n) is 3.12. The van der Waals surface area contributed by atoms with Crippen molar-refractivity contribution in [3.05, 3.63) is 11.9 Å². The Morgan fingerprint density at radius 3 is 2.74 bits per heavy atom. The molecule has 6 heteroatoms. The summed E-state index contributed by atoms with van der Waals surface area (Å²) < 4.78 is 12.5. The minimum atomic E-state index is 0.00847. The Morgan fingerprint density at radius 1 is 1.47 bits per heavy atom. The summed E-state index contributed by atoms with van der Waals surface area (Å²) in [5, 5.41) is 4.36. The van der Waals surface area contributed by atoms with Gasteiger partial charge in [0.1, 0.15) is 0 Å². The van der Waals surface area contributed by atoms with Crippen molar-refractivity contribution >= 4 is 0 Å². The molecule has 0 fully saturated rings. The van der Waals surface area contributed by atoms with Crippen LogP contribution in [0.2, 0.25) is 0 Å². The molecule has 1 heterocycles. The normalized spacial score (nSPS) is 14.4. The minimum absolute atomic E-state index is 0.00847. The Balaban J connectivity index is 2.91. The maximum absolute atomic E-state index is 5.71. The molecular formula is C13H26N4O2. The standard InChI is InChI=1S/C13H26N4O2/c1-5-6-17-13(12(19-4)8-15-17)11(16-14)7-10(2)9-18-3/h8,10-11,16H,5-7,9,14H2,1-4H3. The monoisotopic (exact) mass is 270 g/mol. The third-order valence-corrected chi connectivity index (χ3v) is 3.12. The van der Waals surface area contributed by atoms with E-state index >= 15 is 0 Å². The maximum atomic E-state index is 5.71. The van der Waals surface area contributed by atoms with Gasteiger partial charge in [-0.25, -0.2) is 0 Å². The minimum Gasteiger partial charge on any atom is -0.493 e. The van der Waals surface area contributed by atoms with E-state index < -0.39 is 0 Å². The second kappa shape index (κ2) is 8.14. The van der Waals surface area contributed by atoms with E-state index in [1.165, 1.54) is 0 Å². The average Bonchev–Trinajstić information content (AvgIpc) is 2.79. The first kappa shape index (κ1) is 15.9. The van der Waals surface area contributed by atoms with E-state index in [9.17, 15) is 0 Å². The number of aryl methyl sites for hydroxylation is 1. The highest BCUT2D eigenvalue weighted by Gasteiger charge is 2.22. The molecule has 1 aromatic rings. The van der Waals surface area contributed by atoms with E-state index in [0.29, 0.717) is 12.5 Å². The number of hydrazine groups is 1. The van der Waals surface area contributed by atoms with Gasteiger partial charge in [-0.3, -0.25) is 16.0 Å². The van der Waals surface area contributed by atoms with Crippen molar-refractivity contribution in [3.63, 3.8) is 0 Å². The molecule has 110 valence electrons. The van der Waals surface area contributed by atoms with Crippen LogP contribution in [0, 0.1) is 5.92 Å². The molecule has 19 heavy (non-hydrogen) atoms. The first-order valence-electron chi connectivity index (χ1n) is 6.72. The van der Waals surface area contributed by atoms with Crippen molar-refractivity contribution in [2.45, 2.75) is 39.3 Å². The van der Waals surface area contributed by atoms with Crippen LogP contribution in [0.15, 0.2) is 6.20 Å². The van der Waals surface area contributed by atoms with Crippen LogP contribution in [0.3, 0.4) is 0 Å². The SMILES string of the molecule is CCCn1ncc(OC)c1C(CC(C)COC)NN. The van der Waals surface area contributed by atoms with Gasteiger partial charge >= 0.3 is 0 Å². The first-order chi connectivity index (χ1) is 9.17. The largest absolute Gasteiger partial charge is 0.493 e. The lowest BCUT2D eigenvalue weighted by molar-refractivity contribution is 0.148. The van der Waals surface area contributed by atoms with E-state index in [4.69, 9.17) is 15.3 Å². The lowest BCUT2D eigenvalue weighted by Gasteiger charge is -2.22. The number of nitrogens with two attached hydrogens (primary N) is 1. The van der Waals surface area contributed by atoms with Crippen LogP contribution in [-0.4, -0.2) is 30.6 Å². The van der Waals surface area contributed by atoms with Crippen LogP contribution in [0.4, 0.5) is 0 Å². The second-order valence-corrected chi connectivity index (χ2v) is 4.84. The van der Waals surface area contributed by atoms with E-state index in [1.54, 1.807) is 20.4 Å². The highest BCUT2D eigenvalue weighted by molar-refractivity contribution is 5.28. The van der Waals surface area contributed by atoms with Crippen LogP contribution in [0.25, 0.3) is 0 Å². The number of nitrogens with one attached hydrogen (secondary N) is 1.